The van der Waals surface area contributed by atoms with Crippen molar-refractivity contribution in [3.05, 3.63) is 53.6 Å². The highest BCUT2D eigenvalue weighted by molar-refractivity contribution is 5.92. The number of aliphatic carboxylic acids is 1. The van der Waals surface area contributed by atoms with E-state index in [-0.39, 0.29) is 5.57 Å². The van der Waals surface area contributed by atoms with Crippen LogP contribution in [0, 0.1) is 0 Å². The zero-order valence-corrected chi connectivity index (χ0v) is 10.1. The van der Waals surface area contributed by atoms with E-state index >= 15 is 0 Å². The molecule has 6 heteroatoms. The second kappa shape index (κ2) is 4.77. The third kappa shape index (κ3) is 2.33. The molecular formula is C14H10F4O2. The summed E-state index contributed by atoms with van der Waals surface area (Å²) in [6.45, 7) is 0. The van der Waals surface area contributed by atoms with Crippen molar-refractivity contribution in [2.24, 2.45) is 0 Å². The van der Waals surface area contributed by atoms with Gasteiger partial charge in [0.05, 0.1) is 5.57 Å². The zero-order chi connectivity index (χ0) is 15.0. The number of hydrogen-bond acceptors (Lipinski definition) is 1. The molecule has 20 heavy (non-hydrogen) atoms. The maximum absolute atomic E-state index is 14.3. The quantitative estimate of drug-likeness (QED) is 0.841. The van der Waals surface area contributed by atoms with Gasteiger partial charge in [-0.3, -0.25) is 0 Å². The summed E-state index contributed by atoms with van der Waals surface area (Å²) in [5.41, 5.74) is -4.63. The van der Waals surface area contributed by atoms with E-state index in [1.165, 1.54) is 6.08 Å². The van der Waals surface area contributed by atoms with Gasteiger partial charge in [-0.1, -0.05) is 36.4 Å². The molecule has 1 N–H and O–H groups in total. The first kappa shape index (κ1) is 14.3. The second-order valence-corrected chi connectivity index (χ2v) is 4.42. The third-order valence-electron chi connectivity index (χ3n) is 3.14. The summed E-state index contributed by atoms with van der Waals surface area (Å²) in [6, 6.07) is 7.99. The number of halogens is 4. The average Bonchev–Trinajstić information content (AvgIpc) is 2.38. The molecule has 0 heterocycles. The van der Waals surface area contributed by atoms with Gasteiger partial charge < -0.3 is 5.11 Å². The van der Waals surface area contributed by atoms with Gasteiger partial charge in [0.2, 0.25) is 5.67 Å². The Bertz CT molecular complexity index is 587. The Morgan fingerprint density at radius 2 is 1.75 bits per heavy atom. The molecule has 106 valence electrons. The van der Waals surface area contributed by atoms with E-state index in [2.05, 4.69) is 0 Å². The minimum absolute atomic E-state index is 0.107. The Kier molecular flexibility index (Phi) is 3.41. The Balaban J connectivity index is 2.50. The third-order valence-corrected chi connectivity index (χ3v) is 3.14. The lowest BCUT2D eigenvalue weighted by Crippen LogP contribution is -2.46. The molecule has 0 aliphatic heterocycles. The van der Waals surface area contributed by atoms with Crippen molar-refractivity contribution < 1.29 is 27.5 Å². The van der Waals surface area contributed by atoms with Crippen LogP contribution in [0.4, 0.5) is 17.6 Å². The van der Waals surface area contributed by atoms with Crippen LogP contribution < -0.4 is 0 Å². The van der Waals surface area contributed by atoms with Crippen LogP contribution in [0.1, 0.15) is 12.0 Å². The Morgan fingerprint density at radius 3 is 2.25 bits per heavy atom. The van der Waals surface area contributed by atoms with Gasteiger partial charge in [-0.25, -0.2) is 9.18 Å². The molecule has 2 nitrogen and oxygen atoms in total. The first-order chi connectivity index (χ1) is 9.25. The number of allylic oxidation sites excluding steroid dienone is 3. The second-order valence-electron chi connectivity index (χ2n) is 4.42. The molecule has 0 bridgehead atoms. The predicted molar refractivity (Wildman–Crippen MR) is 64.6 cm³/mol. The van der Waals surface area contributed by atoms with Crippen LogP contribution in [-0.2, 0) is 4.79 Å². The number of benzene rings is 1. The molecule has 1 aromatic rings. The summed E-state index contributed by atoms with van der Waals surface area (Å²) >= 11 is 0. The van der Waals surface area contributed by atoms with Gasteiger partial charge in [0.15, 0.2) is 0 Å². The maximum Gasteiger partial charge on any atom is 0.427 e. The van der Waals surface area contributed by atoms with Crippen molar-refractivity contribution in [2.75, 3.05) is 0 Å². The van der Waals surface area contributed by atoms with Crippen LogP contribution in [0.2, 0.25) is 0 Å². The SMILES string of the molecule is O=C(O)C1=CC=C(c2ccccc2)CC1(F)C(F)(F)F. The van der Waals surface area contributed by atoms with Gasteiger partial charge in [-0.2, -0.15) is 13.2 Å². The Morgan fingerprint density at radius 1 is 1.15 bits per heavy atom. The lowest BCUT2D eigenvalue weighted by atomic mass is 9.81. The lowest BCUT2D eigenvalue weighted by Gasteiger charge is -2.31. The molecule has 0 radical (unpaired) electrons. The van der Waals surface area contributed by atoms with Crippen LogP contribution in [0.25, 0.3) is 5.57 Å². The van der Waals surface area contributed by atoms with Gasteiger partial charge >= 0.3 is 12.1 Å². The van der Waals surface area contributed by atoms with Crippen molar-refractivity contribution in [3.63, 3.8) is 0 Å². The minimum Gasteiger partial charge on any atom is -0.478 e. The average molecular weight is 286 g/mol. The summed E-state index contributed by atoms with van der Waals surface area (Å²) in [4.78, 5) is 10.8. The van der Waals surface area contributed by atoms with Crippen LogP contribution in [0.5, 0.6) is 0 Å². The van der Waals surface area contributed by atoms with Gasteiger partial charge in [-0.15, -0.1) is 0 Å². The molecule has 0 fully saturated rings. The van der Waals surface area contributed by atoms with E-state index in [0.29, 0.717) is 11.6 Å². The number of hydrogen-bond donors (Lipinski definition) is 1. The fourth-order valence-corrected chi connectivity index (χ4v) is 2.08. The number of rotatable bonds is 2. The minimum atomic E-state index is -5.29. The van der Waals surface area contributed by atoms with Gasteiger partial charge in [-0.05, 0) is 17.2 Å². The van der Waals surface area contributed by atoms with E-state index in [1.807, 2.05) is 0 Å². The Labute approximate surface area is 112 Å². The maximum atomic E-state index is 14.3. The zero-order valence-electron chi connectivity index (χ0n) is 10.1. The summed E-state index contributed by atoms with van der Waals surface area (Å²) in [6.07, 6.45) is -4.44. The molecule has 0 spiro atoms. The summed E-state index contributed by atoms with van der Waals surface area (Å²) in [7, 11) is 0. The molecule has 0 amide bonds. The normalized spacial score (nSPS) is 23.0. The number of alkyl halides is 4. The van der Waals surface area contributed by atoms with Gasteiger partial charge in [0.1, 0.15) is 0 Å². The molecular weight excluding hydrogens is 276 g/mol. The molecule has 2 rings (SSSR count). The molecule has 1 aromatic carbocycles. The number of carboxylic acids is 1. The van der Waals surface area contributed by atoms with Crippen molar-refractivity contribution in [2.45, 2.75) is 18.3 Å². The fraction of sp³-hybridized carbons (Fsp3) is 0.214. The molecule has 0 saturated heterocycles. The van der Waals surface area contributed by atoms with Crippen molar-refractivity contribution in [1.29, 1.82) is 0 Å². The highest BCUT2D eigenvalue weighted by atomic mass is 19.4. The monoisotopic (exact) mass is 286 g/mol. The molecule has 1 atom stereocenters. The van der Waals surface area contributed by atoms with E-state index in [9.17, 15) is 22.4 Å². The van der Waals surface area contributed by atoms with E-state index in [4.69, 9.17) is 5.11 Å². The number of carbonyl (C=O) groups is 1. The molecule has 1 unspecified atom stereocenters. The standard InChI is InChI=1S/C14H10F4O2/c15-13(14(16,17)18)8-10(6-7-11(13)12(19)20)9-4-2-1-3-5-9/h1-7H,8H2,(H,19,20). The Hall–Kier alpha value is -2.11. The smallest absolute Gasteiger partial charge is 0.427 e. The van der Waals surface area contributed by atoms with Crippen molar-refractivity contribution in [3.8, 4) is 0 Å². The largest absolute Gasteiger partial charge is 0.478 e. The van der Waals surface area contributed by atoms with Gasteiger partial charge in [0, 0.05) is 6.42 Å². The first-order valence-corrected chi connectivity index (χ1v) is 5.71. The molecule has 0 saturated carbocycles. The molecule has 1 aliphatic carbocycles. The predicted octanol–water partition coefficient (Wildman–Crippen LogP) is 3.76. The number of carboxylic acid groups (broad SMARTS) is 1. The summed E-state index contributed by atoms with van der Waals surface area (Å²) in [5, 5.41) is 8.76. The first-order valence-electron chi connectivity index (χ1n) is 5.71. The highest BCUT2D eigenvalue weighted by Crippen LogP contribution is 2.47. The van der Waals surface area contributed by atoms with Gasteiger partial charge in [0.25, 0.3) is 0 Å². The molecule has 0 aromatic heterocycles. The summed E-state index contributed by atoms with van der Waals surface area (Å²) in [5.74, 6) is -1.91. The summed E-state index contributed by atoms with van der Waals surface area (Å²) < 4.78 is 53.1. The van der Waals surface area contributed by atoms with Crippen LogP contribution in [-0.4, -0.2) is 22.9 Å². The molecule has 1 aliphatic rings. The highest BCUT2D eigenvalue weighted by Gasteiger charge is 2.61. The van der Waals surface area contributed by atoms with Crippen LogP contribution in [0.3, 0.4) is 0 Å². The van der Waals surface area contributed by atoms with Crippen LogP contribution >= 0.6 is 0 Å². The van der Waals surface area contributed by atoms with Crippen LogP contribution in [0.15, 0.2) is 48.1 Å². The fourth-order valence-electron chi connectivity index (χ4n) is 2.08. The lowest BCUT2D eigenvalue weighted by molar-refractivity contribution is -0.216. The topological polar surface area (TPSA) is 37.3 Å². The van der Waals surface area contributed by atoms with Crippen molar-refractivity contribution >= 4 is 11.5 Å². The van der Waals surface area contributed by atoms with E-state index < -0.39 is 29.8 Å². The van der Waals surface area contributed by atoms with Crippen molar-refractivity contribution in [1.82, 2.24) is 0 Å². The van der Waals surface area contributed by atoms with E-state index in [0.717, 1.165) is 0 Å². The van der Waals surface area contributed by atoms with E-state index in [1.54, 1.807) is 30.3 Å².